The summed E-state index contributed by atoms with van der Waals surface area (Å²) in [5.74, 6) is -1.09. The molecule has 7 heteroatoms. The highest BCUT2D eigenvalue weighted by Gasteiger charge is 2.32. The normalized spacial score (nSPS) is 17.2. The molecule has 1 fully saturated rings. The lowest BCUT2D eigenvalue weighted by atomic mass is 10.2. The molecule has 0 radical (unpaired) electrons. The number of hydrogen-bond acceptors (Lipinski definition) is 4. The van der Waals surface area contributed by atoms with Gasteiger partial charge in [0.1, 0.15) is 4.88 Å². The van der Waals surface area contributed by atoms with E-state index in [9.17, 15) is 13.2 Å². The number of carboxylic acids is 1. The highest BCUT2D eigenvalue weighted by Crippen LogP contribution is 2.30. The van der Waals surface area contributed by atoms with Gasteiger partial charge in [-0.1, -0.05) is 19.8 Å². The van der Waals surface area contributed by atoms with Crippen LogP contribution in [0.25, 0.3) is 0 Å². The number of carboxylic acid groups (broad SMARTS) is 1. The molecule has 1 heterocycles. The lowest BCUT2D eigenvalue weighted by Gasteiger charge is -2.26. The topological polar surface area (TPSA) is 74.7 Å². The Morgan fingerprint density at radius 2 is 2.11 bits per heavy atom. The van der Waals surface area contributed by atoms with Crippen molar-refractivity contribution in [3.63, 3.8) is 0 Å². The molecule has 1 saturated carbocycles. The summed E-state index contributed by atoms with van der Waals surface area (Å²) in [5.41, 5.74) is 0. The van der Waals surface area contributed by atoms with E-state index in [-0.39, 0.29) is 15.8 Å². The Kier molecular flexibility index (Phi) is 4.27. The summed E-state index contributed by atoms with van der Waals surface area (Å²) in [6, 6.07) is 1.31. The van der Waals surface area contributed by atoms with Crippen LogP contribution in [-0.4, -0.2) is 36.4 Å². The van der Waals surface area contributed by atoms with Crippen molar-refractivity contribution in [2.45, 2.75) is 43.5 Å². The molecule has 1 aliphatic carbocycles. The van der Waals surface area contributed by atoms with E-state index in [1.807, 2.05) is 6.92 Å². The second-order valence-electron chi connectivity index (χ2n) is 4.60. The summed E-state index contributed by atoms with van der Waals surface area (Å²) in [5, 5.41) is 10.3. The molecule has 0 aliphatic heterocycles. The summed E-state index contributed by atoms with van der Waals surface area (Å²) in [4.78, 5) is 11.0. The molecule has 0 spiro atoms. The van der Waals surface area contributed by atoms with Crippen LogP contribution < -0.4 is 0 Å². The zero-order valence-corrected chi connectivity index (χ0v) is 12.3. The first-order chi connectivity index (χ1) is 8.96. The molecule has 1 aromatic heterocycles. The van der Waals surface area contributed by atoms with E-state index < -0.39 is 16.0 Å². The van der Waals surface area contributed by atoms with Gasteiger partial charge in [-0.3, -0.25) is 0 Å². The van der Waals surface area contributed by atoms with Crippen molar-refractivity contribution in [3.05, 3.63) is 16.3 Å². The molecule has 0 amide bonds. The molecular weight excluding hydrogens is 286 g/mol. The number of hydrogen-bond donors (Lipinski definition) is 1. The number of aromatic carboxylic acids is 1. The minimum absolute atomic E-state index is 0.0565. The van der Waals surface area contributed by atoms with E-state index >= 15 is 0 Å². The van der Waals surface area contributed by atoms with Crippen LogP contribution in [0, 0.1) is 0 Å². The van der Waals surface area contributed by atoms with E-state index in [1.54, 1.807) is 0 Å². The largest absolute Gasteiger partial charge is 0.477 e. The molecule has 19 heavy (non-hydrogen) atoms. The van der Waals surface area contributed by atoms with Crippen molar-refractivity contribution < 1.29 is 18.3 Å². The van der Waals surface area contributed by atoms with Gasteiger partial charge in [-0.2, -0.15) is 4.31 Å². The van der Waals surface area contributed by atoms with Crippen LogP contribution in [0.5, 0.6) is 0 Å². The van der Waals surface area contributed by atoms with Gasteiger partial charge < -0.3 is 5.11 Å². The van der Waals surface area contributed by atoms with E-state index in [1.165, 1.54) is 15.8 Å². The average Bonchev–Trinajstić information content (AvgIpc) is 3.00. The second-order valence-corrected chi connectivity index (χ2v) is 7.40. The summed E-state index contributed by atoms with van der Waals surface area (Å²) >= 11 is 0.950. The van der Waals surface area contributed by atoms with Crippen LogP contribution in [0.15, 0.2) is 16.3 Å². The summed E-state index contributed by atoms with van der Waals surface area (Å²) in [6.07, 6.45) is 3.90. The SMILES string of the molecule is CCN(C1CCCC1)S(=O)(=O)c1csc(C(=O)O)c1. The first kappa shape index (κ1) is 14.5. The van der Waals surface area contributed by atoms with Gasteiger partial charge in [0, 0.05) is 18.0 Å². The van der Waals surface area contributed by atoms with Gasteiger partial charge in [-0.25, -0.2) is 13.2 Å². The Labute approximate surface area is 116 Å². The van der Waals surface area contributed by atoms with Crippen LogP contribution in [0.2, 0.25) is 0 Å². The molecule has 0 atom stereocenters. The maximum atomic E-state index is 12.5. The minimum Gasteiger partial charge on any atom is -0.477 e. The summed E-state index contributed by atoms with van der Waals surface area (Å²) < 4.78 is 26.6. The summed E-state index contributed by atoms with van der Waals surface area (Å²) in [7, 11) is -3.57. The Morgan fingerprint density at radius 1 is 1.47 bits per heavy atom. The van der Waals surface area contributed by atoms with Crippen LogP contribution >= 0.6 is 11.3 Å². The Hall–Kier alpha value is -0.920. The van der Waals surface area contributed by atoms with E-state index in [0.717, 1.165) is 37.0 Å². The van der Waals surface area contributed by atoms with Crippen LogP contribution in [0.3, 0.4) is 0 Å². The fourth-order valence-electron chi connectivity index (χ4n) is 2.52. The minimum atomic E-state index is -3.57. The maximum absolute atomic E-state index is 12.5. The highest BCUT2D eigenvalue weighted by molar-refractivity contribution is 7.89. The number of carbonyl (C=O) groups is 1. The molecule has 1 aliphatic rings. The number of rotatable bonds is 5. The third kappa shape index (κ3) is 2.82. The average molecular weight is 303 g/mol. The lowest BCUT2D eigenvalue weighted by molar-refractivity contribution is 0.0702. The quantitative estimate of drug-likeness (QED) is 0.906. The fraction of sp³-hybridized carbons (Fsp3) is 0.583. The molecule has 5 nitrogen and oxygen atoms in total. The molecule has 0 bridgehead atoms. The number of thiophene rings is 1. The lowest BCUT2D eigenvalue weighted by Crippen LogP contribution is -2.38. The predicted octanol–water partition coefficient (Wildman–Crippen LogP) is 2.40. The Bertz CT molecular complexity index is 558. The molecule has 1 aromatic rings. The molecule has 1 N–H and O–H groups in total. The van der Waals surface area contributed by atoms with Gasteiger partial charge in [-0.15, -0.1) is 11.3 Å². The third-order valence-corrected chi connectivity index (χ3v) is 6.51. The van der Waals surface area contributed by atoms with Crippen molar-refractivity contribution >= 4 is 27.3 Å². The van der Waals surface area contributed by atoms with E-state index in [0.29, 0.717) is 6.54 Å². The van der Waals surface area contributed by atoms with Gasteiger partial charge >= 0.3 is 5.97 Å². The third-order valence-electron chi connectivity index (χ3n) is 3.44. The standard InChI is InChI=1S/C12H17NO4S2/c1-2-13(9-5-3-4-6-9)19(16,17)10-7-11(12(14)15)18-8-10/h7-9H,2-6H2,1H3,(H,14,15). The predicted molar refractivity (Wildman–Crippen MR) is 73.1 cm³/mol. The fourth-order valence-corrected chi connectivity index (χ4v) is 5.31. The molecule has 0 aromatic carbocycles. The molecule has 2 rings (SSSR count). The zero-order chi connectivity index (χ0) is 14.0. The monoisotopic (exact) mass is 303 g/mol. The van der Waals surface area contributed by atoms with Crippen LogP contribution in [-0.2, 0) is 10.0 Å². The molecule has 0 saturated heterocycles. The van der Waals surface area contributed by atoms with Gasteiger partial charge in [0.05, 0.1) is 4.90 Å². The second kappa shape index (κ2) is 5.60. The molecule has 106 valence electrons. The smallest absolute Gasteiger partial charge is 0.345 e. The Balaban J connectivity index is 2.30. The van der Waals surface area contributed by atoms with Crippen LogP contribution in [0.4, 0.5) is 0 Å². The van der Waals surface area contributed by atoms with Gasteiger partial charge in [0.15, 0.2) is 0 Å². The first-order valence-electron chi connectivity index (χ1n) is 6.30. The van der Waals surface area contributed by atoms with E-state index in [2.05, 4.69) is 0 Å². The first-order valence-corrected chi connectivity index (χ1v) is 8.62. The van der Waals surface area contributed by atoms with Crippen molar-refractivity contribution in [2.24, 2.45) is 0 Å². The molecular formula is C12H17NO4S2. The maximum Gasteiger partial charge on any atom is 0.345 e. The van der Waals surface area contributed by atoms with Gasteiger partial charge in [0.25, 0.3) is 0 Å². The van der Waals surface area contributed by atoms with Gasteiger partial charge in [-0.05, 0) is 18.9 Å². The van der Waals surface area contributed by atoms with Crippen molar-refractivity contribution in [1.29, 1.82) is 0 Å². The van der Waals surface area contributed by atoms with E-state index in [4.69, 9.17) is 5.11 Å². The summed E-state index contributed by atoms with van der Waals surface area (Å²) in [6.45, 7) is 2.24. The Morgan fingerprint density at radius 3 is 2.58 bits per heavy atom. The van der Waals surface area contributed by atoms with Crippen molar-refractivity contribution in [2.75, 3.05) is 6.54 Å². The van der Waals surface area contributed by atoms with Crippen molar-refractivity contribution in [1.82, 2.24) is 4.31 Å². The van der Waals surface area contributed by atoms with Crippen LogP contribution in [0.1, 0.15) is 42.3 Å². The van der Waals surface area contributed by atoms with Gasteiger partial charge in [0.2, 0.25) is 10.0 Å². The van der Waals surface area contributed by atoms with Crippen molar-refractivity contribution in [3.8, 4) is 0 Å². The highest BCUT2D eigenvalue weighted by atomic mass is 32.2. The number of nitrogens with zero attached hydrogens (tertiary/aromatic N) is 1. The zero-order valence-electron chi connectivity index (χ0n) is 10.7. The molecule has 0 unspecified atom stereocenters. The number of sulfonamides is 1.